The zero-order valence-corrected chi connectivity index (χ0v) is 14.3. The molecule has 0 aromatic heterocycles. The molecule has 0 spiro atoms. The van der Waals surface area contributed by atoms with E-state index in [1.54, 1.807) is 0 Å². The van der Waals surface area contributed by atoms with E-state index < -0.39 is 5.54 Å². The molecule has 0 aliphatic heterocycles. The van der Waals surface area contributed by atoms with Crippen molar-refractivity contribution in [1.82, 2.24) is 5.32 Å². The largest absolute Gasteiger partial charge is 0.368 e. The summed E-state index contributed by atoms with van der Waals surface area (Å²) in [6.45, 7) is 6.98. The molecule has 0 bridgehead atoms. The number of hydrogen-bond donors (Lipinski definition) is 2. The molecule has 0 heterocycles. The van der Waals surface area contributed by atoms with Gasteiger partial charge in [-0.3, -0.25) is 4.79 Å². The Bertz CT molecular complexity index is 450. The summed E-state index contributed by atoms with van der Waals surface area (Å²) in [7, 11) is 0. The second kappa shape index (κ2) is 9.11. The molecular formula is C17H28N2OS. The summed E-state index contributed by atoms with van der Waals surface area (Å²) in [5, 5.41) is 3.28. The number of rotatable bonds is 10. The Balaban J connectivity index is 2.32. The van der Waals surface area contributed by atoms with Gasteiger partial charge in [0.25, 0.3) is 0 Å². The van der Waals surface area contributed by atoms with E-state index in [9.17, 15) is 4.79 Å². The topological polar surface area (TPSA) is 55.1 Å². The summed E-state index contributed by atoms with van der Waals surface area (Å²) in [4.78, 5) is 13.0. The molecule has 1 amide bonds. The first-order valence-corrected chi connectivity index (χ1v) is 8.71. The summed E-state index contributed by atoms with van der Waals surface area (Å²) >= 11 is 1.89. The predicted octanol–water partition coefficient (Wildman–Crippen LogP) is 3.50. The van der Waals surface area contributed by atoms with Gasteiger partial charge in [0.2, 0.25) is 5.91 Å². The van der Waals surface area contributed by atoms with E-state index in [1.165, 1.54) is 10.5 Å². The number of thioether (sulfide) groups is 1. The molecule has 0 aliphatic carbocycles. The number of primary amides is 1. The third-order valence-electron chi connectivity index (χ3n) is 3.73. The second-order valence-corrected chi connectivity index (χ2v) is 6.83. The van der Waals surface area contributed by atoms with E-state index in [0.29, 0.717) is 0 Å². The number of nitrogens with two attached hydrogens (primary N) is 1. The monoisotopic (exact) mass is 308 g/mol. The average molecular weight is 308 g/mol. The quantitative estimate of drug-likeness (QED) is 0.514. The van der Waals surface area contributed by atoms with E-state index in [-0.39, 0.29) is 5.91 Å². The fraction of sp³-hybridized carbons (Fsp3) is 0.588. The first kappa shape index (κ1) is 18.1. The van der Waals surface area contributed by atoms with Crippen LogP contribution in [0.2, 0.25) is 0 Å². The summed E-state index contributed by atoms with van der Waals surface area (Å²) in [6, 6.07) is 8.45. The van der Waals surface area contributed by atoms with Gasteiger partial charge >= 0.3 is 0 Å². The number of amides is 1. The third-order valence-corrected chi connectivity index (χ3v) is 4.99. The van der Waals surface area contributed by atoms with Gasteiger partial charge in [-0.15, -0.1) is 11.8 Å². The van der Waals surface area contributed by atoms with Crippen LogP contribution in [0.4, 0.5) is 0 Å². The SMILES string of the molecule is CCCNC(C)(CCCCSc1ccccc1C)C(N)=O. The number of nitrogens with one attached hydrogen (secondary N) is 1. The molecular weight excluding hydrogens is 280 g/mol. The molecule has 3 N–H and O–H groups in total. The Labute approximate surface area is 133 Å². The maximum atomic E-state index is 11.6. The summed E-state index contributed by atoms with van der Waals surface area (Å²) in [6.07, 6.45) is 3.91. The molecule has 4 heteroatoms. The van der Waals surface area contributed by atoms with E-state index in [4.69, 9.17) is 5.73 Å². The lowest BCUT2D eigenvalue weighted by atomic mass is 9.94. The van der Waals surface area contributed by atoms with Gasteiger partial charge in [0.05, 0.1) is 5.54 Å². The fourth-order valence-corrected chi connectivity index (χ4v) is 3.22. The van der Waals surface area contributed by atoms with Crippen LogP contribution in [-0.4, -0.2) is 23.7 Å². The first-order valence-electron chi connectivity index (χ1n) is 7.73. The van der Waals surface area contributed by atoms with Crippen molar-refractivity contribution in [3.05, 3.63) is 29.8 Å². The first-order chi connectivity index (χ1) is 9.99. The highest BCUT2D eigenvalue weighted by Gasteiger charge is 2.29. The minimum atomic E-state index is -0.566. The van der Waals surface area contributed by atoms with Crippen molar-refractivity contribution < 1.29 is 4.79 Å². The summed E-state index contributed by atoms with van der Waals surface area (Å²) < 4.78 is 0. The van der Waals surface area contributed by atoms with E-state index in [2.05, 4.69) is 43.4 Å². The molecule has 21 heavy (non-hydrogen) atoms. The Morgan fingerprint density at radius 2 is 2.05 bits per heavy atom. The van der Waals surface area contributed by atoms with Gasteiger partial charge in [0.15, 0.2) is 0 Å². The number of aryl methyl sites for hydroxylation is 1. The highest BCUT2D eigenvalue weighted by molar-refractivity contribution is 7.99. The molecule has 118 valence electrons. The molecule has 1 rings (SSSR count). The predicted molar refractivity (Wildman–Crippen MR) is 91.6 cm³/mol. The van der Waals surface area contributed by atoms with Gasteiger partial charge in [0.1, 0.15) is 0 Å². The fourth-order valence-electron chi connectivity index (χ4n) is 2.18. The van der Waals surface area contributed by atoms with Crippen molar-refractivity contribution >= 4 is 17.7 Å². The van der Waals surface area contributed by atoms with Crippen LogP contribution in [-0.2, 0) is 4.79 Å². The van der Waals surface area contributed by atoms with Gasteiger partial charge in [-0.25, -0.2) is 0 Å². The lowest BCUT2D eigenvalue weighted by Crippen LogP contribution is -2.53. The number of carbonyl (C=O) groups is 1. The zero-order chi connectivity index (χ0) is 15.7. The number of hydrogen-bond acceptors (Lipinski definition) is 3. The molecule has 0 fully saturated rings. The maximum Gasteiger partial charge on any atom is 0.237 e. The standard InChI is InChI=1S/C17H28N2OS/c1-4-12-19-17(3,16(18)20)11-7-8-13-21-15-10-6-5-9-14(15)2/h5-6,9-10,19H,4,7-8,11-13H2,1-3H3,(H2,18,20). The zero-order valence-electron chi connectivity index (χ0n) is 13.4. The van der Waals surface area contributed by atoms with Crippen LogP contribution in [0, 0.1) is 6.92 Å². The van der Waals surface area contributed by atoms with E-state index in [1.807, 2.05) is 18.7 Å². The molecule has 0 radical (unpaired) electrons. The molecule has 0 aliphatic rings. The van der Waals surface area contributed by atoms with Gasteiger partial charge in [-0.05, 0) is 57.0 Å². The minimum absolute atomic E-state index is 0.248. The molecule has 0 saturated heterocycles. The molecule has 1 aromatic carbocycles. The lowest BCUT2D eigenvalue weighted by molar-refractivity contribution is -0.124. The van der Waals surface area contributed by atoms with Crippen LogP contribution < -0.4 is 11.1 Å². The second-order valence-electron chi connectivity index (χ2n) is 5.69. The Morgan fingerprint density at radius 1 is 1.33 bits per heavy atom. The molecule has 1 aromatic rings. The highest BCUT2D eigenvalue weighted by Crippen LogP contribution is 2.24. The summed E-state index contributed by atoms with van der Waals surface area (Å²) in [5.41, 5.74) is 6.29. The van der Waals surface area contributed by atoms with E-state index >= 15 is 0 Å². The minimum Gasteiger partial charge on any atom is -0.368 e. The van der Waals surface area contributed by atoms with Gasteiger partial charge in [0, 0.05) is 4.90 Å². The summed E-state index contributed by atoms with van der Waals surface area (Å²) in [5.74, 6) is 0.829. The molecule has 1 unspecified atom stereocenters. The Kier molecular flexibility index (Phi) is 7.83. The van der Waals surface area contributed by atoms with Crippen LogP contribution in [0.5, 0.6) is 0 Å². The molecule has 0 saturated carbocycles. The van der Waals surface area contributed by atoms with Crippen LogP contribution in [0.25, 0.3) is 0 Å². The van der Waals surface area contributed by atoms with Crippen molar-refractivity contribution in [1.29, 1.82) is 0 Å². The van der Waals surface area contributed by atoms with Crippen molar-refractivity contribution in [3.8, 4) is 0 Å². The number of carbonyl (C=O) groups excluding carboxylic acids is 1. The molecule has 1 atom stereocenters. The van der Waals surface area contributed by atoms with Crippen molar-refractivity contribution in [2.75, 3.05) is 12.3 Å². The lowest BCUT2D eigenvalue weighted by Gasteiger charge is -2.27. The smallest absolute Gasteiger partial charge is 0.237 e. The van der Waals surface area contributed by atoms with Crippen molar-refractivity contribution in [2.24, 2.45) is 5.73 Å². The Hall–Kier alpha value is -1.00. The van der Waals surface area contributed by atoms with Gasteiger partial charge < -0.3 is 11.1 Å². The van der Waals surface area contributed by atoms with E-state index in [0.717, 1.165) is 38.0 Å². The van der Waals surface area contributed by atoms with Crippen LogP contribution in [0.3, 0.4) is 0 Å². The van der Waals surface area contributed by atoms with Crippen LogP contribution in [0.1, 0.15) is 45.1 Å². The average Bonchev–Trinajstić information content (AvgIpc) is 2.46. The Morgan fingerprint density at radius 3 is 2.67 bits per heavy atom. The highest BCUT2D eigenvalue weighted by atomic mass is 32.2. The van der Waals surface area contributed by atoms with Crippen molar-refractivity contribution in [3.63, 3.8) is 0 Å². The maximum absolute atomic E-state index is 11.6. The molecule has 3 nitrogen and oxygen atoms in total. The third kappa shape index (κ3) is 6.10. The van der Waals surface area contributed by atoms with Gasteiger partial charge in [-0.2, -0.15) is 0 Å². The number of benzene rings is 1. The van der Waals surface area contributed by atoms with Crippen molar-refractivity contribution in [2.45, 2.75) is 56.9 Å². The normalized spacial score (nSPS) is 13.9. The van der Waals surface area contributed by atoms with Crippen LogP contribution >= 0.6 is 11.8 Å². The number of unbranched alkanes of at least 4 members (excludes halogenated alkanes) is 1. The van der Waals surface area contributed by atoms with Crippen LogP contribution in [0.15, 0.2) is 29.2 Å². The van der Waals surface area contributed by atoms with Gasteiger partial charge in [-0.1, -0.05) is 31.5 Å².